The number of aromatic hydroxyl groups is 1. The second-order valence-corrected chi connectivity index (χ2v) is 3.12. The fourth-order valence-corrected chi connectivity index (χ4v) is 1.31. The van der Waals surface area contributed by atoms with Crippen LogP contribution in [0.15, 0.2) is 10.9 Å². The van der Waals surface area contributed by atoms with Crippen LogP contribution in [0.2, 0.25) is 0 Å². The highest BCUT2D eigenvalue weighted by Gasteiger charge is 2.14. The molecule has 80 valence electrons. The lowest BCUT2D eigenvalue weighted by atomic mass is 10.2. The molecular formula is C9H14ClNO3. The highest BCUT2D eigenvalue weighted by molar-refractivity contribution is 5.85. The molecule has 1 heterocycles. The van der Waals surface area contributed by atoms with Gasteiger partial charge in [-0.15, -0.1) is 12.4 Å². The lowest BCUT2D eigenvalue weighted by Crippen LogP contribution is -2.15. The maximum atomic E-state index is 11.1. The number of halogens is 1. The van der Waals surface area contributed by atoms with E-state index in [0.29, 0.717) is 5.69 Å². The van der Waals surface area contributed by atoms with E-state index in [1.807, 2.05) is 0 Å². The number of pyridine rings is 1. The molecule has 1 aromatic heterocycles. The van der Waals surface area contributed by atoms with Gasteiger partial charge in [0.25, 0.3) is 0 Å². The van der Waals surface area contributed by atoms with Crippen molar-refractivity contribution in [1.82, 2.24) is 4.57 Å². The van der Waals surface area contributed by atoms with E-state index in [-0.39, 0.29) is 23.9 Å². The van der Waals surface area contributed by atoms with Crippen LogP contribution in [0.25, 0.3) is 0 Å². The summed E-state index contributed by atoms with van der Waals surface area (Å²) in [5.41, 5.74) is 0.509. The molecular weight excluding hydrogens is 206 g/mol. The molecule has 0 spiro atoms. The van der Waals surface area contributed by atoms with Crippen molar-refractivity contribution in [1.29, 1.82) is 0 Å². The number of aromatic nitrogens is 1. The van der Waals surface area contributed by atoms with Crippen LogP contribution in [0.4, 0.5) is 0 Å². The fourth-order valence-electron chi connectivity index (χ4n) is 1.31. The Bertz CT molecular complexity index is 384. The summed E-state index contributed by atoms with van der Waals surface area (Å²) in [6, 6.07) is 1.33. The summed E-state index contributed by atoms with van der Waals surface area (Å²) < 4.78 is 1.60. The Labute approximate surface area is 88.2 Å². The molecule has 14 heavy (non-hydrogen) atoms. The average Bonchev–Trinajstić information content (AvgIpc) is 2.01. The van der Waals surface area contributed by atoms with Gasteiger partial charge in [0.05, 0.1) is 11.8 Å². The Balaban J connectivity index is 0.00000169. The molecule has 0 aliphatic rings. The van der Waals surface area contributed by atoms with E-state index in [0.717, 1.165) is 0 Å². The quantitative estimate of drug-likeness (QED) is 0.737. The maximum Gasteiger partial charge on any atom is 0.223 e. The molecule has 0 aliphatic carbocycles. The van der Waals surface area contributed by atoms with Gasteiger partial charge in [0.15, 0.2) is 5.75 Å². The van der Waals surface area contributed by atoms with E-state index >= 15 is 0 Å². The van der Waals surface area contributed by atoms with E-state index in [4.69, 9.17) is 0 Å². The zero-order valence-corrected chi connectivity index (χ0v) is 9.13. The molecule has 0 bridgehead atoms. The van der Waals surface area contributed by atoms with Crippen LogP contribution in [0, 0.1) is 6.92 Å². The van der Waals surface area contributed by atoms with E-state index in [2.05, 4.69) is 0 Å². The molecule has 5 heteroatoms. The molecule has 0 aromatic carbocycles. The molecule has 2 N–H and O–H groups in total. The van der Waals surface area contributed by atoms with Crippen LogP contribution in [0.1, 0.15) is 24.4 Å². The van der Waals surface area contributed by atoms with Gasteiger partial charge in [-0.1, -0.05) is 0 Å². The van der Waals surface area contributed by atoms with Gasteiger partial charge in [-0.2, -0.15) is 0 Å². The van der Waals surface area contributed by atoms with Gasteiger partial charge >= 0.3 is 0 Å². The predicted octanol–water partition coefficient (Wildman–Crippen LogP) is 0.874. The van der Waals surface area contributed by atoms with Crippen molar-refractivity contribution in [3.63, 3.8) is 0 Å². The van der Waals surface area contributed by atoms with E-state index in [9.17, 15) is 15.0 Å². The molecule has 0 fully saturated rings. The summed E-state index contributed by atoms with van der Waals surface area (Å²) in [5, 5.41) is 18.7. The second kappa shape index (κ2) is 4.48. The lowest BCUT2D eigenvalue weighted by molar-refractivity contribution is 0.184. The number of hydrogen-bond acceptors (Lipinski definition) is 3. The SMILES string of the molecule is Cc1cc(=O)c(O)c(C(C)O)n1C.Cl. The van der Waals surface area contributed by atoms with Crippen molar-refractivity contribution >= 4 is 12.4 Å². The minimum absolute atomic E-state index is 0. The summed E-state index contributed by atoms with van der Waals surface area (Å²) in [6.07, 6.45) is -0.849. The first-order chi connectivity index (χ1) is 5.95. The van der Waals surface area contributed by atoms with Gasteiger partial charge in [-0.3, -0.25) is 4.79 Å². The molecule has 1 rings (SSSR count). The molecule has 0 radical (unpaired) electrons. The third-order valence-electron chi connectivity index (χ3n) is 2.10. The van der Waals surface area contributed by atoms with Crippen LogP contribution < -0.4 is 5.43 Å². The largest absolute Gasteiger partial charge is 0.503 e. The first kappa shape index (κ1) is 13.0. The third-order valence-corrected chi connectivity index (χ3v) is 2.10. The molecule has 4 nitrogen and oxygen atoms in total. The lowest BCUT2D eigenvalue weighted by Gasteiger charge is -2.15. The predicted molar refractivity (Wildman–Crippen MR) is 56.0 cm³/mol. The average molecular weight is 220 g/mol. The summed E-state index contributed by atoms with van der Waals surface area (Å²) >= 11 is 0. The third kappa shape index (κ3) is 2.08. The monoisotopic (exact) mass is 219 g/mol. The summed E-state index contributed by atoms with van der Waals surface area (Å²) in [4.78, 5) is 11.1. The highest BCUT2D eigenvalue weighted by Crippen LogP contribution is 2.20. The van der Waals surface area contributed by atoms with Crippen molar-refractivity contribution in [3.8, 4) is 5.75 Å². The molecule has 1 aromatic rings. The highest BCUT2D eigenvalue weighted by atomic mass is 35.5. The zero-order chi connectivity index (χ0) is 10.2. The first-order valence-corrected chi connectivity index (χ1v) is 4.02. The first-order valence-electron chi connectivity index (χ1n) is 4.02. The Morgan fingerprint density at radius 1 is 1.50 bits per heavy atom. The number of rotatable bonds is 1. The number of nitrogens with zero attached hydrogens (tertiary/aromatic N) is 1. The van der Waals surface area contributed by atoms with Crippen LogP contribution in [-0.2, 0) is 7.05 Å². The molecule has 0 aliphatic heterocycles. The molecule has 0 saturated heterocycles. The standard InChI is InChI=1S/C9H13NO3.ClH/c1-5-4-7(12)9(13)8(6(2)11)10(5)3;/h4,6,11,13H,1-3H3;1H. The smallest absolute Gasteiger partial charge is 0.223 e. The minimum Gasteiger partial charge on any atom is -0.503 e. The van der Waals surface area contributed by atoms with Crippen molar-refractivity contribution in [2.75, 3.05) is 0 Å². The number of hydrogen-bond donors (Lipinski definition) is 2. The Morgan fingerprint density at radius 2 is 2.00 bits per heavy atom. The van der Waals surface area contributed by atoms with Crippen molar-refractivity contribution in [2.24, 2.45) is 7.05 Å². The second-order valence-electron chi connectivity index (χ2n) is 3.12. The normalized spacial score (nSPS) is 12.0. The Hall–Kier alpha value is -1.00. The van der Waals surface area contributed by atoms with Crippen LogP contribution in [0.5, 0.6) is 5.75 Å². The van der Waals surface area contributed by atoms with Crippen molar-refractivity contribution in [3.05, 3.63) is 27.7 Å². The summed E-state index contributed by atoms with van der Waals surface area (Å²) in [7, 11) is 1.69. The van der Waals surface area contributed by atoms with Gasteiger partial charge in [0, 0.05) is 18.8 Å². The number of aryl methyl sites for hydroxylation is 1. The summed E-state index contributed by atoms with van der Waals surface area (Å²) in [6.45, 7) is 3.25. The van der Waals surface area contributed by atoms with Crippen LogP contribution in [0.3, 0.4) is 0 Å². The molecule has 1 unspecified atom stereocenters. The van der Waals surface area contributed by atoms with Gasteiger partial charge in [0.2, 0.25) is 5.43 Å². The van der Waals surface area contributed by atoms with E-state index < -0.39 is 11.5 Å². The molecule has 1 atom stereocenters. The van der Waals surface area contributed by atoms with Gasteiger partial charge < -0.3 is 14.8 Å². The van der Waals surface area contributed by atoms with Gasteiger partial charge in [-0.05, 0) is 13.8 Å². The zero-order valence-electron chi connectivity index (χ0n) is 8.31. The minimum atomic E-state index is -0.849. The number of aliphatic hydroxyl groups excluding tert-OH is 1. The van der Waals surface area contributed by atoms with E-state index in [1.54, 1.807) is 18.5 Å². The Morgan fingerprint density at radius 3 is 2.43 bits per heavy atom. The molecule has 0 saturated carbocycles. The topological polar surface area (TPSA) is 62.5 Å². The Kier molecular flexibility index (Phi) is 4.16. The molecule has 0 amide bonds. The summed E-state index contributed by atoms with van der Waals surface area (Å²) in [5.74, 6) is -0.372. The van der Waals surface area contributed by atoms with E-state index in [1.165, 1.54) is 13.0 Å². The van der Waals surface area contributed by atoms with Gasteiger partial charge in [0.1, 0.15) is 0 Å². The van der Waals surface area contributed by atoms with Crippen molar-refractivity contribution < 1.29 is 10.2 Å². The van der Waals surface area contributed by atoms with Gasteiger partial charge in [-0.25, -0.2) is 0 Å². The van der Waals surface area contributed by atoms with Crippen LogP contribution in [-0.4, -0.2) is 14.8 Å². The van der Waals surface area contributed by atoms with Crippen molar-refractivity contribution in [2.45, 2.75) is 20.0 Å². The number of aliphatic hydroxyl groups is 1. The fraction of sp³-hybridized carbons (Fsp3) is 0.444. The maximum absolute atomic E-state index is 11.1. The van der Waals surface area contributed by atoms with Crippen LogP contribution >= 0.6 is 12.4 Å².